The fraction of sp³-hybridized carbons (Fsp3) is 0.556. The van der Waals surface area contributed by atoms with Crippen LogP contribution in [-0.4, -0.2) is 13.2 Å². The predicted molar refractivity (Wildman–Crippen MR) is 119 cm³/mol. The molecule has 1 N–H and O–H groups in total. The van der Waals surface area contributed by atoms with Crippen LogP contribution in [0.25, 0.3) is 0 Å². The summed E-state index contributed by atoms with van der Waals surface area (Å²) in [5.74, 6) is 4.29. The number of nitrogens with one attached hydrogen (secondary N) is 1. The molecule has 2 heteroatoms. The van der Waals surface area contributed by atoms with Gasteiger partial charge in [0.05, 0.1) is 7.11 Å². The highest BCUT2D eigenvalue weighted by molar-refractivity contribution is 5.57. The number of aryl methyl sites for hydroxylation is 2. The largest absolute Gasteiger partial charge is 0.497 e. The van der Waals surface area contributed by atoms with Crippen molar-refractivity contribution >= 4 is 5.69 Å². The van der Waals surface area contributed by atoms with E-state index in [9.17, 15) is 0 Å². The zero-order valence-electron chi connectivity index (χ0n) is 18.0. The summed E-state index contributed by atoms with van der Waals surface area (Å²) in [5.41, 5.74) is 7.97. The van der Waals surface area contributed by atoms with E-state index in [4.69, 9.17) is 4.74 Å². The van der Waals surface area contributed by atoms with Gasteiger partial charge in [-0.15, -0.1) is 0 Å². The number of hydrogen-bond donors (Lipinski definition) is 1. The molecule has 0 unspecified atom stereocenters. The first-order valence-electron chi connectivity index (χ1n) is 11.6. The van der Waals surface area contributed by atoms with Crippen molar-refractivity contribution in [3.63, 3.8) is 0 Å². The molecule has 1 aliphatic heterocycles. The number of fused-ring (bicyclic) bond motifs is 8. The molecule has 0 saturated heterocycles. The molecule has 4 aliphatic rings. The second-order valence-electron chi connectivity index (χ2n) is 10.5. The highest BCUT2D eigenvalue weighted by Crippen LogP contribution is 2.64. The SMILES string of the molecule is COc1ccc2c(c1)CC[C@@H]1[C@@H]2CC[C@@]2(C)[C@H]1C[C@H]1Cc3cc(C)ccc3N[C@@H]12. The van der Waals surface area contributed by atoms with Crippen molar-refractivity contribution in [3.05, 3.63) is 58.7 Å². The topological polar surface area (TPSA) is 21.3 Å². The molecular formula is C27H33NO. The normalized spacial score (nSPS) is 36.7. The summed E-state index contributed by atoms with van der Waals surface area (Å²) in [6.45, 7) is 4.84. The zero-order chi connectivity index (χ0) is 19.8. The van der Waals surface area contributed by atoms with E-state index in [1.165, 1.54) is 49.8 Å². The Morgan fingerprint density at radius 3 is 2.83 bits per heavy atom. The van der Waals surface area contributed by atoms with Gasteiger partial charge in [-0.1, -0.05) is 30.7 Å². The predicted octanol–water partition coefficient (Wildman–Crippen LogP) is 6.12. The lowest BCUT2D eigenvalue weighted by Gasteiger charge is -2.51. The first kappa shape index (κ1) is 17.9. The Hall–Kier alpha value is -1.96. The van der Waals surface area contributed by atoms with E-state index in [0.717, 1.165) is 29.4 Å². The molecule has 0 radical (unpaired) electrons. The quantitative estimate of drug-likeness (QED) is 0.636. The molecule has 2 aromatic carbocycles. The van der Waals surface area contributed by atoms with Crippen molar-refractivity contribution in [1.29, 1.82) is 0 Å². The van der Waals surface area contributed by atoms with Crippen LogP contribution in [0.5, 0.6) is 5.75 Å². The number of anilines is 1. The third kappa shape index (κ3) is 2.54. The van der Waals surface area contributed by atoms with Crippen LogP contribution in [0, 0.1) is 30.1 Å². The van der Waals surface area contributed by atoms with Crippen LogP contribution >= 0.6 is 0 Å². The lowest BCUT2D eigenvalue weighted by molar-refractivity contribution is 0.0530. The number of rotatable bonds is 1. The van der Waals surface area contributed by atoms with Crippen molar-refractivity contribution in [1.82, 2.24) is 0 Å². The van der Waals surface area contributed by atoms with Gasteiger partial charge >= 0.3 is 0 Å². The lowest BCUT2D eigenvalue weighted by atomic mass is 9.55. The Bertz CT molecular complexity index is 965. The Morgan fingerprint density at radius 1 is 1.07 bits per heavy atom. The van der Waals surface area contributed by atoms with Gasteiger partial charge in [-0.3, -0.25) is 0 Å². The molecule has 0 amide bonds. The van der Waals surface area contributed by atoms with Crippen molar-refractivity contribution in [2.75, 3.05) is 12.4 Å². The Kier molecular flexibility index (Phi) is 3.86. The van der Waals surface area contributed by atoms with Crippen LogP contribution in [0.2, 0.25) is 0 Å². The van der Waals surface area contributed by atoms with E-state index in [1.54, 1.807) is 23.8 Å². The van der Waals surface area contributed by atoms with Crippen molar-refractivity contribution in [2.45, 2.75) is 64.3 Å². The fourth-order valence-electron chi connectivity index (χ4n) is 7.83. The van der Waals surface area contributed by atoms with Crippen LogP contribution in [0.4, 0.5) is 5.69 Å². The van der Waals surface area contributed by atoms with Crippen LogP contribution in [0.3, 0.4) is 0 Å². The summed E-state index contributed by atoms with van der Waals surface area (Å²) in [7, 11) is 1.78. The van der Waals surface area contributed by atoms with E-state index < -0.39 is 0 Å². The average Bonchev–Trinajstić information content (AvgIpc) is 3.03. The maximum atomic E-state index is 5.50. The summed E-state index contributed by atoms with van der Waals surface area (Å²) >= 11 is 0. The summed E-state index contributed by atoms with van der Waals surface area (Å²) in [4.78, 5) is 0. The number of hydrogen-bond acceptors (Lipinski definition) is 2. The molecule has 1 heterocycles. The number of benzene rings is 2. The third-order valence-corrected chi connectivity index (χ3v) is 9.16. The Balaban J connectivity index is 1.32. The van der Waals surface area contributed by atoms with Gasteiger partial charge in [-0.2, -0.15) is 0 Å². The number of methoxy groups -OCH3 is 1. The molecule has 0 aromatic heterocycles. The van der Waals surface area contributed by atoms with E-state index in [1.807, 2.05) is 0 Å². The first-order chi connectivity index (χ1) is 14.1. The monoisotopic (exact) mass is 387 g/mol. The standard InChI is InChI=1S/C27H33NO/c1-16-4-9-25-18(12-16)13-19-15-24-23-7-5-17-14-20(29-3)6-8-21(17)22(23)10-11-27(24,2)26(19)28-25/h4,6,8-9,12,14,19,22-24,26,28H,5,7,10-11,13,15H2,1-3H3/t19-,22-,23-,24+,26+,27+/m1/s1. The second kappa shape index (κ2) is 6.27. The third-order valence-electron chi connectivity index (χ3n) is 9.16. The molecule has 3 aliphatic carbocycles. The van der Waals surface area contributed by atoms with Crippen LogP contribution < -0.4 is 10.1 Å². The second-order valence-corrected chi connectivity index (χ2v) is 10.5. The van der Waals surface area contributed by atoms with Gasteiger partial charge in [0, 0.05) is 11.7 Å². The lowest BCUT2D eigenvalue weighted by Crippen LogP contribution is -2.48. The molecule has 152 valence electrons. The molecule has 0 bridgehead atoms. The minimum absolute atomic E-state index is 0.443. The average molecular weight is 388 g/mol. The van der Waals surface area contributed by atoms with Gasteiger partial charge in [0.1, 0.15) is 5.75 Å². The van der Waals surface area contributed by atoms with Gasteiger partial charge in [0.25, 0.3) is 0 Å². The maximum Gasteiger partial charge on any atom is 0.119 e. The van der Waals surface area contributed by atoms with Gasteiger partial charge in [0.15, 0.2) is 0 Å². The van der Waals surface area contributed by atoms with E-state index in [2.05, 4.69) is 55.6 Å². The highest BCUT2D eigenvalue weighted by atomic mass is 16.5. The van der Waals surface area contributed by atoms with Crippen molar-refractivity contribution < 1.29 is 4.74 Å². The minimum Gasteiger partial charge on any atom is -0.497 e. The Labute approximate surface area is 175 Å². The molecule has 2 fully saturated rings. The smallest absolute Gasteiger partial charge is 0.119 e. The molecule has 6 rings (SSSR count). The van der Waals surface area contributed by atoms with Crippen LogP contribution in [0.15, 0.2) is 36.4 Å². The van der Waals surface area contributed by atoms with E-state index >= 15 is 0 Å². The zero-order valence-corrected chi connectivity index (χ0v) is 18.0. The number of ether oxygens (including phenoxy) is 1. The van der Waals surface area contributed by atoms with Crippen molar-refractivity contribution in [2.24, 2.45) is 23.2 Å². The molecule has 0 spiro atoms. The van der Waals surface area contributed by atoms with Crippen molar-refractivity contribution in [3.8, 4) is 5.75 Å². The Morgan fingerprint density at radius 2 is 1.97 bits per heavy atom. The molecule has 2 nitrogen and oxygen atoms in total. The van der Waals surface area contributed by atoms with Gasteiger partial charge in [-0.25, -0.2) is 0 Å². The van der Waals surface area contributed by atoms with Crippen LogP contribution in [0.1, 0.15) is 60.8 Å². The molecule has 2 aromatic rings. The minimum atomic E-state index is 0.443. The van der Waals surface area contributed by atoms with E-state index in [0.29, 0.717) is 11.5 Å². The molecule has 6 atom stereocenters. The summed E-state index contributed by atoms with van der Waals surface area (Å²) < 4.78 is 5.50. The summed E-state index contributed by atoms with van der Waals surface area (Å²) in [6, 6.07) is 14.5. The van der Waals surface area contributed by atoms with Gasteiger partial charge < -0.3 is 10.1 Å². The van der Waals surface area contributed by atoms with Gasteiger partial charge in [-0.05, 0) is 109 Å². The van der Waals surface area contributed by atoms with Gasteiger partial charge in [0.2, 0.25) is 0 Å². The molecule has 29 heavy (non-hydrogen) atoms. The van der Waals surface area contributed by atoms with E-state index in [-0.39, 0.29) is 0 Å². The summed E-state index contributed by atoms with van der Waals surface area (Å²) in [5, 5.41) is 4.04. The fourth-order valence-corrected chi connectivity index (χ4v) is 7.83. The summed E-state index contributed by atoms with van der Waals surface area (Å²) in [6.07, 6.45) is 7.97. The molecule has 2 saturated carbocycles. The highest BCUT2D eigenvalue weighted by Gasteiger charge is 2.58. The maximum absolute atomic E-state index is 5.50. The van der Waals surface area contributed by atoms with Crippen LogP contribution in [-0.2, 0) is 12.8 Å². The first-order valence-corrected chi connectivity index (χ1v) is 11.6. The molecular weight excluding hydrogens is 354 g/mol.